The van der Waals surface area contributed by atoms with Gasteiger partial charge in [0.15, 0.2) is 0 Å². The molecule has 7 nitrogen and oxygen atoms in total. The number of carbonyl (C=O) groups is 1. The molecule has 8 heteroatoms. The van der Waals surface area contributed by atoms with Gasteiger partial charge < -0.3 is 4.74 Å². The van der Waals surface area contributed by atoms with E-state index in [1.165, 1.54) is 6.07 Å². The van der Waals surface area contributed by atoms with Crippen molar-refractivity contribution in [1.29, 1.82) is 0 Å². The monoisotopic (exact) mass is 481 g/mol. The zero-order valence-corrected chi connectivity index (χ0v) is 19.4. The van der Waals surface area contributed by atoms with E-state index in [2.05, 4.69) is 5.10 Å². The van der Waals surface area contributed by atoms with E-state index in [1.807, 2.05) is 66.7 Å². The second-order valence-electron chi connectivity index (χ2n) is 7.71. The molecule has 0 aliphatic carbocycles. The van der Waals surface area contributed by atoms with E-state index < -0.39 is 10.9 Å². The summed E-state index contributed by atoms with van der Waals surface area (Å²) in [5, 5.41) is 17.9. The zero-order chi connectivity index (χ0) is 24.4. The fraction of sp³-hybridized carbons (Fsp3) is 0.0370. The number of fused-ring (bicyclic) bond motifs is 1. The molecule has 5 rings (SSSR count). The van der Waals surface area contributed by atoms with Crippen LogP contribution in [-0.2, 0) is 0 Å². The molecule has 0 aliphatic rings. The van der Waals surface area contributed by atoms with Gasteiger partial charge in [0.25, 0.3) is 5.69 Å². The van der Waals surface area contributed by atoms with Crippen molar-refractivity contribution in [3.63, 3.8) is 0 Å². The lowest BCUT2D eigenvalue weighted by Gasteiger charge is -2.11. The van der Waals surface area contributed by atoms with E-state index in [0.717, 1.165) is 22.5 Å². The maximum atomic E-state index is 13.4. The smallest absolute Gasteiger partial charge is 0.345 e. The summed E-state index contributed by atoms with van der Waals surface area (Å²) in [7, 11) is 0. The normalized spacial score (nSPS) is 10.9. The second-order valence-corrected chi connectivity index (χ2v) is 8.76. The van der Waals surface area contributed by atoms with Gasteiger partial charge in [-0.3, -0.25) is 10.1 Å². The zero-order valence-electron chi connectivity index (χ0n) is 18.6. The molecule has 172 valence electrons. The lowest BCUT2D eigenvalue weighted by molar-refractivity contribution is -0.387. The van der Waals surface area contributed by atoms with Crippen LogP contribution in [0.4, 0.5) is 5.69 Å². The fourth-order valence-electron chi connectivity index (χ4n) is 3.79. The van der Waals surface area contributed by atoms with E-state index in [-0.39, 0.29) is 11.6 Å². The predicted octanol–water partition coefficient (Wildman–Crippen LogP) is 6.61. The number of para-hydroxylation sites is 2. The number of hydrogen-bond donors (Lipinski definition) is 0. The molecule has 4 aromatic carbocycles. The Kier molecular flexibility index (Phi) is 6.03. The number of nitro groups is 1. The van der Waals surface area contributed by atoms with Crippen LogP contribution in [0.2, 0.25) is 0 Å². The Bertz CT molecular complexity index is 1560. The van der Waals surface area contributed by atoms with Gasteiger partial charge in [-0.25, -0.2) is 4.79 Å². The summed E-state index contributed by atoms with van der Waals surface area (Å²) in [6.45, 7) is 1.78. The topological polar surface area (TPSA) is 87.3 Å². The molecule has 0 radical (unpaired) electrons. The Balaban J connectivity index is 1.62. The van der Waals surface area contributed by atoms with Gasteiger partial charge in [0.1, 0.15) is 0 Å². The highest BCUT2D eigenvalue weighted by Crippen LogP contribution is 2.42. The second kappa shape index (κ2) is 9.44. The molecule has 0 spiro atoms. The van der Waals surface area contributed by atoms with E-state index in [0.29, 0.717) is 26.7 Å². The summed E-state index contributed by atoms with van der Waals surface area (Å²) >= 11 is 1.15. The van der Waals surface area contributed by atoms with Crippen LogP contribution in [0.3, 0.4) is 0 Å². The minimum absolute atomic E-state index is 0.0318. The maximum absolute atomic E-state index is 13.4. The lowest BCUT2D eigenvalue weighted by atomic mass is 10.1. The van der Waals surface area contributed by atoms with Gasteiger partial charge in [-0.1, -0.05) is 78.5 Å². The van der Waals surface area contributed by atoms with Crippen molar-refractivity contribution in [2.45, 2.75) is 16.7 Å². The van der Waals surface area contributed by atoms with Crippen LogP contribution in [0, 0.1) is 17.0 Å². The third-order valence-electron chi connectivity index (χ3n) is 5.44. The molecule has 1 aromatic heterocycles. The summed E-state index contributed by atoms with van der Waals surface area (Å²) < 4.78 is 7.54. The molecule has 0 atom stereocenters. The number of nitro benzene ring substituents is 1. The number of ether oxygens (including phenoxy) is 1. The first-order chi connectivity index (χ1) is 17.0. The molecule has 0 amide bonds. The summed E-state index contributed by atoms with van der Waals surface area (Å²) in [5.74, 6) is -0.335. The largest absolute Gasteiger partial charge is 0.402 e. The molecule has 0 unspecified atom stereocenters. The van der Waals surface area contributed by atoms with Gasteiger partial charge in [-0.05, 0) is 42.0 Å². The average Bonchev–Trinajstić information content (AvgIpc) is 3.19. The predicted molar refractivity (Wildman–Crippen MR) is 134 cm³/mol. The van der Waals surface area contributed by atoms with Crippen LogP contribution >= 0.6 is 11.8 Å². The number of carbonyl (C=O) groups excluding carboxylic acids is 1. The van der Waals surface area contributed by atoms with E-state index in [1.54, 1.807) is 35.9 Å². The highest BCUT2D eigenvalue weighted by Gasteiger charge is 2.25. The van der Waals surface area contributed by atoms with Crippen molar-refractivity contribution >= 4 is 34.2 Å². The van der Waals surface area contributed by atoms with Gasteiger partial charge in [-0.15, -0.1) is 0 Å². The van der Waals surface area contributed by atoms with Crippen LogP contribution in [0.1, 0.15) is 16.1 Å². The Hall–Kier alpha value is -4.43. The molecule has 0 saturated heterocycles. The number of esters is 1. The first kappa shape index (κ1) is 22.4. The van der Waals surface area contributed by atoms with Gasteiger partial charge >= 0.3 is 5.97 Å². The Morgan fingerprint density at radius 3 is 2.40 bits per heavy atom. The van der Waals surface area contributed by atoms with Crippen molar-refractivity contribution in [2.24, 2.45) is 0 Å². The van der Waals surface area contributed by atoms with Gasteiger partial charge in [0.05, 0.1) is 31.7 Å². The Labute approximate surface area is 205 Å². The van der Waals surface area contributed by atoms with Crippen molar-refractivity contribution in [1.82, 2.24) is 9.78 Å². The molecular formula is C27H19N3O4S. The molecule has 0 bridgehead atoms. The number of hydrogen-bond acceptors (Lipinski definition) is 6. The van der Waals surface area contributed by atoms with Gasteiger partial charge in [0.2, 0.25) is 5.88 Å². The summed E-state index contributed by atoms with van der Waals surface area (Å²) in [6, 6.07) is 28.8. The van der Waals surface area contributed by atoms with Crippen LogP contribution in [0.25, 0.3) is 16.5 Å². The third kappa shape index (κ3) is 4.39. The maximum Gasteiger partial charge on any atom is 0.345 e. The minimum atomic E-state index is -0.539. The highest BCUT2D eigenvalue weighted by molar-refractivity contribution is 7.99. The van der Waals surface area contributed by atoms with Crippen LogP contribution in [0.15, 0.2) is 107 Å². The summed E-state index contributed by atoms with van der Waals surface area (Å²) in [4.78, 5) is 25.5. The minimum Gasteiger partial charge on any atom is -0.402 e. The van der Waals surface area contributed by atoms with Crippen molar-refractivity contribution in [3.05, 3.63) is 118 Å². The van der Waals surface area contributed by atoms with E-state index in [4.69, 9.17) is 4.74 Å². The fourth-order valence-corrected chi connectivity index (χ4v) is 4.81. The van der Waals surface area contributed by atoms with Gasteiger partial charge in [0, 0.05) is 6.07 Å². The van der Waals surface area contributed by atoms with Crippen molar-refractivity contribution in [3.8, 4) is 11.6 Å². The molecule has 0 N–H and O–H groups in total. The van der Waals surface area contributed by atoms with Crippen molar-refractivity contribution < 1.29 is 14.5 Å². The molecule has 1 heterocycles. The molecule has 0 fully saturated rings. The number of aromatic nitrogens is 2. The molecule has 35 heavy (non-hydrogen) atoms. The highest BCUT2D eigenvalue weighted by atomic mass is 32.2. The number of nitrogens with zero attached hydrogens (tertiary/aromatic N) is 3. The lowest BCUT2D eigenvalue weighted by Crippen LogP contribution is -2.12. The SMILES string of the molecule is Cc1nn(-c2ccccc2)c(OC(=O)c2cccc3ccccc23)c1Sc1ccccc1[N+](=O)[O-]. The Morgan fingerprint density at radius 2 is 1.60 bits per heavy atom. The first-order valence-electron chi connectivity index (χ1n) is 10.8. The molecule has 0 saturated carbocycles. The average molecular weight is 482 g/mol. The molecule has 5 aromatic rings. The Morgan fingerprint density at radius 1 is 0.914 bits per heavy atom. The summed E-state index contributed by atoms with van der Waals surface area (Å²) in [5.41, 5.74) is 1.67. The molecule has 0 aliphatic heterocycles. The number of aryl methyl sites for hydroxylation is 1. The van der Waals surface area contributed by atoms with Crippen LogP contribution < -0.4 is 4.74 Å². The third-order valence-corrected chi connectivity index (χ3v) is 6.68. The standard InChI is InChI=1S/C27H19N3O4S/c1-18-25(35-24-17-8-7-16-23(24)30(32)33)26(29(28-18)20-12-3-2-4-13-20)34-27(31)22-15-9-11-19-10-5-6-14-21(19)22/h2-17H,1H3. The first-order valence-corrected chi connectivity index (χ1v) is 11.6. The van der Waals surface area contributed by atoms with Gasteiger partial charge in [-0.2, -0.15) is 9.78 Å². The molecular weight excluding hydrogens is 462 g/mol. The van der Waals surface area contributed by atoms with Crippen molar-refractivity contribution in [2.75, 3.05) is 0 Å². The quantitative estimate of drug-likeness (QED) is 0.154. The number of benzene rings is 4. The van der Waals surface area contributed by atoms with E-state index >= 15 is 0 Å². The van der Waals surface area contributed by atoms with Crippen LogP contribution in [0.5, 0.6) is 5.88 Å². The van der Waals surface area contributed by atoms with E-state index in [9.17, 15) is 14.9 Å². The number of rotatable bonds is 6. The van der Waals surface area contributed by atoms with Crippen LogP contribution in [-0.4, -0.2) is 20.7 Å². The summed E-state index contributed by atoms with van der Waals surface area (Å²) in [6.07, 6.45) is 0.